The molecule has 3 nitrogen and oxygen atoms in total. The van der Waals surface area contributed by atoms with Crippen LogP contribution >= 0.6 is 0 Å². The van der Waals surface area contributed by atoms with Crippen LogP contribution in [0.3, 0.4) is 0 Å². The van der Waals surface area contributed by atoms with Crippen LogP contribution in [0.15, 0.2) is 24.3 Å². The minimum absolute atomic E-state index is 0. The SMILES string of the molecule is CCCCOc1ccc(C(=O)C=O)cc1.[H-].[Na+]. The smallest absolute Gasteiger partial charge is 1.00 e. The van der Waals surface area contributed by atoms with Crippen LogP contribution in [0.25, 0.3) is 0 Å². The zero-order valence-corrected chi connectivity index (χ0v) is 11.7. The number of Topliss-reactive ketones (excluding diaryl/α,β-unsaturated/α-hetero) is 1. The number of ether oxygens (including phenoxy) is 1. The van der Waals surface area contributed by atoms with Gasteiger partial charge in [-0.05, 0) is 30.7 Å². The Morgan fingerprint density at radius 3 is 2.50 bits per heavy atom. The zero-order chi connectivity index (χ0) is 11.1. The molecule has 0 aliphatic heterocycles. The van der Waals surface area contributed by atoms with E-state index in [1.165, 1.54) is 0 Å². The first-order chi connectivity index (χ1) is 7.27. The predicted octanol–water partition coefficient (Wildman–Crippen LogP) is -0.636. The molecule has 0 radical (unpaired) electrons. The number of unbranched alkanes of at least 4 members (excludes halogenated alkanes) is 1. The van der Waals surface area contributed by atoms with Gasteiger partial charge in [-0.1, -0.05) is 13.3 Å². The Bertz CT molecular complexity index is 338. The molecule has 0 aromatic heterocycles. The van der Waals surface area contributed by atoms with Crippen LogP contribution in [-0.4, -0.2) is 18.7 Å². The van der Waals surface area contributed by atoms with E-state index >= 15 is 0 Å². The molecule has 1 aromatic carbocycles. The van der Waals surface area contributed by atoms with Crippen molar-refractivity contribution in [1.82, 2.24) is 0 Å². The van der Waals surface area contributed by atoms with Gasteiger partial charge in [-0.25, -0.2) is 0 Å². The molecule has 0 bridgehead atoms. The largest absolute Gasteiger partial charge is 1.00 e. The standard InChI is InChI=1S/C12H14O3.Na.H/c1-2-3-8-15-11-6-4-10(5-7-11)12(14)9-13;;/h4-7,9H,2-3,8H2,1H3;;/q;+1;-1. The number of carbonyl (C=O) groups is 2. The minimum atomic E-state index is -0.505. The van der Waals surface area contributed by atoms with Crippen LogP contribution in [0.2, 0.25) is 0 Å². The Morgan fingerprint density at radius 1 is 1.38 bits per heavy atom. The molecule has 0 atom stereocenters. The van der Waals surface area contributed by atoms with Crippen molar-refractivity contribution >= 4 is 12.1 Å². The Hall–Kier alpha value is -0.640. The summed E-state index contributed by atoms with van der Waals surface area (Å²) in [5.74, 6) is 0.223. The van der Waals surface area contributed by atoms with Crippen molar-refractivity contribution in [2.45, 2.75) is 19.8 Å². The number of benzene rings is 1. The van der Waals surface area contributed by atoms with Crippen molar-refractivity contribution in [3.63, 3.8) is 0 Å². The molecule has 0 saturated carbocycles. The van der Waals surface area contributed by atoms with E-state index in [1.54, 1.807) is 24.3 Å². The molecule has 0 spiro atoms. The molecule has 0 amide bonds. The molecule has 0 aliphatic rings. The fraction of sp³-hybridized carbons (Fsp3) is 0.333. The molecular formula is C12H15NaO3. The molecule has 0 saturated heterocycles. The Kier molecular flexibility index (Phi) is 8.16. The number of hydrogen-bond donors (Lipinski definition) is 0. The van der Waals surface area contributed by atoms with Gasteiger partial charge in [0.1, 0.15) is 5.75 Å². The van der Waals surface area contributed by atoms with Crippen molar-refractivity contribution in [2.24, 2.45) is 0 Å². The summed E-state index contributed by atoms with van der Waals surface area (Å²) in [5.41, 5.74) is 0.396. The van der Waals surface area contributed by atoms with E-state index in [4.69, 9.17) is 4.74 Å². The van der Waals surface area contributed by atoms with Crippen LogP contribution in [0.4, 0.5) is 0 Å². The van der Waals surface area contributed by atoms with Gasteiger partial charge in [0.15, 0.2) is 6.29 Å². The van der Waals surface area contributed by atoms with E-state index < -0.39 is 5.78 Å². The summed E-state index contributed by atoms with van der Waals surface area (Å²) in [7, 11) is 0. The fourth-order valence-electron chi connectivity index (χ4n) is 1.12. The van der Waals surface area contributed by atoms with Crippen LogP contribution < -0.4 is 34.3 Å². The fourth-order valence-corrected chi connectivity index (χ4v) is 1.12. The molecule has 0 N–H and O–H groups in total. The van der Waals surface area contributed by atoms with Crippen LogP contribution in [-0.2, 0) is 4.79 Å². The van der Waals surface area contributed by atoms with Gasteiger partial charge >= 0.3 is 29.6 Å². The van der Waals surface area contributed by atoms with Gasteiger partial charge in [-0.3, -0.25) is 9.59 Å². The first-order valence-corrected chi connectivity index (χ1v) is 5.00. The predicted molar refractivity (Wildman–Crippen MR) is 58.4 cm³/mol. The topological polar surface area (TPSA) is 43.4 Å². The van der Waals surface area contributed by atoms with Gasteiger partial charge in [0.25, 0.3) is 0 Å². The van der Waals surface area contributed by atoms with Crippen molar-refractivity contribution in [2.75, 3.05) is 6.61 Å². The van der Waals surface area contributed by atoms with E-state index in [2.05, 4.69) is 6.92 Å². The van der Waals surface area contributed by atoms with Crippen molar-refractivity contribution < 1.29 is 45.3 Å². The van der Waals surface area contributed by atoms with Gasteiger partial charge in [-0.2, -0.15) is 0 Å². The van der Waals surface area contributed by atoms with E-state index in [1.807, 2.05) is 0 Å². The van der Waals surface area contributed by atoms with Gasteiger partial charge in [0, 0.05) is 5.56 Å². The third kappa shape index (κ3) is 4.92. The molecule has 0 unspecified atom stereocenters. The van der Waals surface area contributed by atoms with Crippen LogP contribution in [0.1, 0.15) is 31.6 Å². The second kappa shape index (κ2) is 8.50. The summed E-state index contributed by atoms with van der Waals surface area (Å²) < 4.78 is 5.42. The zero-order valence-electron chi connectivity index (χ0n) is 10.7. The van der Waals surface area contributed by atoms with Gasteiger partial charge in [0.2, 0.25) is 5.78 Å². The Labute approximate surface area is 119 Å². The normalized spacial score (nSPS) is 9.06. The Morgan fingerprint density at radius 2 is 2.00 bits per heavy atom. The second-order valence-corrected chi connectivity index (χ2v) is 3.21. The maximum Gasteiger partial charge on any atom is 1.00 e. The third-order valence-corrected chi connectivity index (χ3v) is 2.01. The minimum Gasteiger partial charge on any atom is -1.00 e. The summed E-state index contributed by atoms with van der Waals surface area (Å²) in [6.07, 6.45) is 2.41. The summed E-state index contributed by atoms with van der Waals surface area (Å²) in [4.78, 5) is 21.2. The quantitative estimate of drug-likeness (QED) is 0.215. The number of rotatable bonds is 6. The van der Waals surface area contributed by atoms with E-state index in [-0.39, 0.29) is 31.0 Å². The molecule has 0 fully saturated rings. The van der Waals surface area contributed by atoms with E-state index in [0.717, 1.165) is 18.6 Å². The monoisotopic (exact) mass is 230 g/mol. The first-order valence-electron chi connectivity index (χ1n) is 5.00. The molecule has 1 aromatic rings. The maximum atomic E-state index is 11.0. The molecule has 1 rings (SSSR count). The maximum absolute atomic E-state index is 11.0. The number of ketones is 1. The average Bonchev–Trinajstić information content (AvgIpc) is 2.29. The second-order valence-electron chi connectivity index (χ2n) is 3.21. The Balaban J connectivity index is 0. The van der Waals surface area contributed by atoms with Crippen molar-refractivity contribution in [3.05, 3.63) is 29.8 Å². The summed E-state index contributed by atoms with van der Waals surface area (Å²) >= 11 is 0. The summed E-state index contributed by atoms with van der Waals surface area (Å²) in [6.45, 7) is 2.77. The molecule has 0 heterocycles. The summed E-state index contributed by atoms with van der Waals surface area (Å²) in [6, 6.07) is 6.59. The number of carbonyl (C=O) groups excluding carboxylic acids is 2. The van der Waals surface area contributed by atoms with E-state index in [9.17, 15) is 9.59 Å². The molecule has 0 aliphatic carbocycles. The first kappa shape index (κ1) is 15.4. The van der Waals surface area contributed by atoms with Crippen LogP contribution in [0, 0.1) is 0 Å². The van der Waals surface area contributed by atoms with Gasteiger partial charge in [-0.15, -0.1) is 0 Å². The molecular weight excluding hydrogens is 215 g/mol. The van der Waals surface area contributed by atoms with Crippen molar-refractivity contribution in [3.8, 4) is 5.75 Å². The molecule has 82 valence electrons. The number of aldehydes is 1. The summed E-state index contributed by atoms with van der Waals surface area (Å²) in [5, 5.41) is 0. The van der Waals surface area contributed by atoms with E-state index in [0.29, 0.717) is 18.5 Å². The van der Waals surface area contributed by atoms with Gasteiger partial charge < -0.3 is 6.16 Å². The van der Waals surface area contributed by atoms with Gasteiger partial charge in [0.05, 0.1) is 6.61 Å². The molecule has 16 heavy (non-hydrogen) atoms. The molecule has 4 heteroatoms. The van der Waals surface area contributed by atoms with Crippen molar-refractivity contribution in [1.29, 1.82) is 0 Å². The van der Waals surface area contributed by atoms with Crippen LogP contribution in [0.5, 0.6) is 5.75 Å². The average molecular weight is 230 g/mol. The third-order valence-electron chi connectivity index (χ3n) is 2.01. The number of hydrogen-bond acceptors (Lipinski definition) is 3.